The number of para-hydroxylation sites is 1. The maximum Gasteiger partial charge on any atom is 0.387 e. The number of carbonyl (C=O) groups is 1. The third-order valence-corrected chi connectivity index (χ3v) is 2.72. The van der Waals surface area contributed by atoms with Crippen LogP contribution in [0.4, 0.5) is 8.78 Å². The van der Waals surface area contributed by atoms with Gasteiger partial charge in [0.1, 0.15) is 17.9 Å². The monoisotopic (exact) mass is 281 g/mol. The van der Waals surface area contributed by atoms with Gasteiger partial charge in [0.15, 0.2) is 5.78 Å². The van der Waals surface area contributed by atoms with Gasteiger partial charge in [0, 0.05) is 6.54 Å². The van der Waals surface area contributed by atoms with Gasteiger partial charge < -0.3 is 4.74 Å². The van der Waals surface area contributed by atoms with Crippen LogP contribution in [0.3, 0.4) is 0 Å². The van der Waals surface area contributed by atoms with E-state index in [-0.39, 0.29) is 23.5 Å². The molecule has 0 bridgehead atoms. The zero-order chi connectivity index (χ0) is 14.5. The van der Waals surface area contributed by atoms with Crippen molar-refractivity contribution in [2.24, 2.45) is 0 Å². The lowest BCUT2D eigenvalue weighted by atomic mass is 10.1. The van der Waals surface area contributed by atoms with Crippen LogP contribution in [0.1, 0.15) is 23.1 Å². The molecule has 0 N–H and O–H groups in total. The Morgan fingerprint density at radius 3 is 2.85 bits per heavy atom. The first kappa shape index (κ1) is 14.1. The predicted molar refractivity (Wildman–Crippen MR) is 66.8 cm³/mol. The van der Waals surface area contributed by atoms with Gasteiger partial charge in [-0.25, -0.2) is 9.67 Å². The third kappa shape index (κ3) is 3.17. The molecule has 0 fully saturated rings. The van der Waals surface area contributed by atoms with Gasteiger partial charge in [0.25, 0.3) is 0 Å². The van der Waals surface area contributed by atoms with Crippen LogP contribution in [0.5, 0.6) is 5.75 Å². The SMILES string of the molecule is CCn1ncnc1CC(=O)c1ccccc1OC(F)F. The molecule has 0 saturated carbocycles. The summed E-state index contributed by atoms with van der Waals surface area (Å²) in [5, 5.41) is 3.95. The second-order valence-electron chi connectivity index (χ2n) is 3.97. The Kier molecular flexibility index (Phi) is 4.39. The molecule has 2 aromatic rings. The number of hydrogen-bond acceptors (Lipinski definition) is 4. The first-order valence-corrected chi connectivity index (χ1v) is 6.05. The van der Waals surface area contributed by atoms with Crippen molar-refractivity contribution in [2.75, 3.05) is 0 Å². The molecule has 2 rings (SSSR count). The molecule has 0 aliphatic carbocycles. The quantitative estimate of drug-likeness (QED) is 0.762. The lowest BCUT2D eigenvalue weighted by molar-refractivity contribution is -0.0501. The smallest absolute Gasteiger partial charge is 0.387 e. The zero-order valence-corrected chi connectivity index (χ0v) is 10.8. The molecular formula is C13H13F2N3O2. The van der Waals surface area contributed by atoms with E-state index in [1.165, 1.54) is 24.5 Å². The summed E-state index contributed by atoms with van der Waals surface area (Å²) < 4.78 is 30.5. The second kappa shape index (κ2) is 6.23. The topological polar surface area (TPSA) is 57.0 Å². The number of ether oxygens (including phenoxy) is 1. The number of hydrogen-bond donors (Lipinski definition) is 0. The maximum absolute atomic E-state index is 12.3. The van der Waals surface area contributed by atoms with Crippen molar-refractivity contribution in [3.8, 4) is 5.75 Å². The molecule has 0 aliphatic rings. The fraction of sp³-hybridized carbons (Fsp3) is 0.308. The van der Waals surface area contributed by atoms with E-state index in [1.807, 2.05) is 6.92 Å². The minimum atomic E-state index is -2.97. The average Bonchev–Trinajstić information content (AvgIpc) is 2.85. The Balaban J connectivity index is 2.21. The van der Waals surface area contributed by atoms with Crippen LogP contribution in [-0.2, 0) is 13.0 Å². The molecule has 0 radical (unpaired) electrons. The van der Waals surface area contributed by atoms with Crippen molar-refractivity contribution in [1.82, 2.24) is 14.8 Å². The number of benzene rings is 1. The summed E-state index contributed by atoms with van der Waals surface area (Å²) in [5.74, 6) is 0.0170. The number of alkyl halides is 2. The molecule has 0 amide bonds. The average molecular weight is 281 g/mol. The molecule has 0 aliphatic heterocycles. The predicted octanol–water partition coefficient (Wildman–Crippen LogP) is 2.32. The van der Waals surface area contributed by atoms with Crippen molar-refractivity contribution in [3.05, 3.63) is 42.0 Å². The van der Waals surface area contributed by atoms with Gasteiger partial charge in [-0.3, -0.25) is 4.79 Å². The van der Waals surface area contributed by atoms with Crippen molar-refractivity contribution < 1.29 is 18.3 Å². The number of rotatable bonds is 6. The van der Waals surface area contributed by atoms with E-state index in [2.05, 4.69) is 14.8 Å². The van der Waals surface area contributed by atoms with Crippen LogP contribution in [0.2, 0.25) is 0 Å². The van der Waals surface area contributed by atoms with E-state index in [0.717, 1.165) is 0 Å². The molecule has 0 atom stereocenters. The second-order valence-corrected chi connectivity index (χ2v) is 3.97. The summed E-state index contributed by atoms with van der Waals surface area (Å²) in [4.78, 5) is 16.2. The van der Waals surface area contributed by atoms with Gasteiger partial charge in [-0.15, -0.1) is 0 Å². The molecule has 7 heteroatoms. The van der Waals surface area contributed by atoms with Gasteiger partial charge >= 0.3 is 6.61 Å². The van der Waals surface area contributed by atoms with Gasteiger partial charge in [-0.1, -0.05) is 12.1 Å². The summed E-state index contributed by atoms with van der Waals surface area (Å²) in [6.45, 7) is -0.517. The zero-order valence-electron chi connectivity index (χ0n) is 10.8. The van der Waals surface area contributed by atoms with E-state index in [9.17, 15) is 13.6 Å². The Hall–Kier alpha value is -2.31. The Morgan fingerprint density at radius 1 is 1.40 bits per heavy atom. The molecule has 1 aromatic carbocycles. The number of Topliss-reactive ketones (excluding diaryl/α,β-unsaturated/α-hetero) is 1. The van der Waals surface area contributed by atoms with E-state index < -0.39 is 6.61 Å². The summed E-state index contributed by atoms with van der Waals surface area (Å²) in [6, 6.07) is 5.91. The summed E-state index contributed by atoms with van der Waals surface area (Å²) >= 11 is 0. The minimum Gasteiger partial charge on any atom is -0.434 e. The van der Waals surface area contributed by atoms with Gasteiger partial charge in [0.05, 0.1) is 12.0 Å². The van der Waals surface area contributed by atoms with E-state index in [0.29, 0.717) is 12.4 Å². The fourth-order valence-corrected chi connectivity index (χ4v) is 1.82. The number of carbonyl (C=O) groups excluding carboxylic acids is 1. The number of nitrogens with zero attached hydrogens (tertiary/aromatic N) is 3. The van der Waals surface area contributed by atoms with Crippen molar-refractivity contribution in [2.45, 2.75) is 26.5 Å². The summed E-state index contributed by atoms with van der Waals surface area (Å²) in [5.41, 5.74) is 0.110. The summed E-state index contributed by atoms with van der Waals surface area (Å²) in [7, 11) is 0. The van der Waals surface area contributed by atoms with Crippen LogP contribution in [0, 0.1) is 0 Å². The Labute approximate surface area is 114 Å². The van der Waals surface area contributed by atoms with E-state index in [1.54, 1.807) is 10.7 Å². The first-order chi connectivity index (χ1) is 9.61. The Morgan fingerprint density at radius 2 is 2.15 bits per heavy atom. The molecule has 0 saturated heterocycles. The molecule has 5 nitrogen and oxygen atoms in total. The Bertz CT molecular complexity index is 599. The first-order valence-electron chi connectivity index (χ1n) is 6.05. The van der Waals surface area contributed by atoms with Crippen molar-refractivity contribution >= 4 is 5.78 Å². The lowest BCUT2D eigenvalue weighted by Crippen LogP contribution is -2.13. The van der Waals surface area contributed by atoms with Gasteiger partial charge in [0.2, 0.25) is 0 Å². The number of aromatic nitrogens is 3. The highest BCUT2D eigenvalue weighted by molar-refractivity contribution is 5.99. The maximum atomic E-state index is 12.3. The van der Waals surface area contributed by atoms with E-state index >= 15 is 0 Å². The number of aryl methyl sites for hydroxylation is 1. The van der Waals surface area contributed by atoms with Crippen LogP contribution in [0.25, 0.3) is 0 Å². The molecule has 0 spiro atoms. The van der Waals surface area contributed by atoms with Crippen molar-refractivity contribution in [1.29, 1.82) is 0 Å². The molecular weight excluding hydrogens is 268 g/mol. The largest absolute Gasteiger partial charge is 0.434 e. The minimum absolute atomic E-state index is 0.0164. The molecule has 1 heterocycles. The lowest BCUT2D eigenvalue weighted by Gasteiger charge is -2.09. The van der Waals surface area contributed by atoms with Crippen LogP contribution >= 0.6 is 0 Å². The number of ketones is 1. The standard InChI is InChI=1S/C13H13F2N3O2/c1-2-18-12(16-8-17-18)7-10(19)9-5-3-4-6-11(9)20-13(14)15/h3-6,8,13H,2,7H2,1H3. The molecule has 0 unspecified atom stereocenters. The molecule has 106 valence electrons. The van der Waals surface area contributed by atoms with Crippen LogP contribution < -0.4 is 4.74 Å². The highest BCUT2D eigenvalue weighted by Crippen LogP contribution is 2.21. The summed E-state index contributed by atoms with van der Waals surface area (Å²) in [6.07, 6.45) is 1.34. The highest BCUT2D eigenvalue weighted by Gasteiger charge is 2.17. The van der Waals surface area contributed by atoms with Crippen molar-refractivity contribution in [3.63, 3.8) is 0 Å². The van der Waals surface area contributed by atoms with Crippen LogP contribution in [0.15, 0.2) is 30.6 Å². The highest BCUT2D eigenvalue weighted by atomic mass is 19.3. The number of halogens is 2. The third-order valence-electron chi connectivity index (χ3n) is 2.72. The normalized spacial score (nSPS) is 10.8. The van der Waals surface area contributed by atoms with Crippen LogP contribution in [-0.4, -0.2) is 27.2 Å². The van der Waals surface area contributed by atoms with E-state index in [4.69, 9.17) is 0 Å². The van der Waals surface area contributed by atoms with Gasteiger partial charge in [-0.2, -0.15) is 13.9 Å². The fourth-order valence-electron chi connectivity index (χ4n) is 1.82. The van der Waals surface area contributed by atoms with Gasteiger partial charge in [-0.05, 0) is 19.1 Å². The molecule has 1 aromatic heterocycles. The molecule has 20 heavy (non-hydrogen) atoms.